The van der Waals surface area contributed by atoms with Crippen molar-refractivity contribution < 1.29 is 4.79 Å². The average molecular weight is 278 g/mol. The quantitative estimate of drug-likeness (QED) is 0.888. The molecule has 0 bridgehead atoms. The summed E-state index contributed by atoms with van der Waals surface area (Å²) in [5, 5.41) is 3.55. The molecule has 4 heteroatoms. The van der Waals surface area contributed by atoms with Crippen LogP contribution in [0.5, 0.6) is 0 Å². The van der Waals surface area contributed by atoms with Crippen LogP contribution in [0.3, 0.4) is 0 Å². The Morgan fingerprint density at radius 1 is 1.42 bits per heavy atom. The summed E-state index contributed by atoms with van der Waals surface area (Å²) < 4.78 is 0. The largest absolute Gasteiger partial charge is 0.353 e. The number of benzene rings is 1. The molecule has 0 aliphatic carbocycles. The van der Waals surface area contributed by atoms with Crippen molar-refractivity contribution in [2.75, 3.05) is 12.3 Å². The molecule has 3 nitrogen and oxygen atoms in total. The standard InChI is InChI=1S/C15H22N2OS/c1-15(16,12-7-3-2-4-8-12)14(18)17-11-13-9-5-6-10-19-13/h2-4,7-8,13H,5-6,9-11,16H2,1H3,(H,17,18). The molecule has 1 aliphatic rings. The van der Waals surface area contributed by atoms with Crippen LogP contribution in [-0.4, -0.2) is 23.5 Å². The van der Waals surface area contributed by atoms with Crippen molar-refractivity contribution in [1.29, 1.82) is 0 Å². The predicted molar refractivity (Wildman–Crippen MR) is 81.1 cm³/mol. The smallest absolute Gasteiger partial charge is 0.244 e. The summed E-state index contributed by atoms with van der Waals surface area (Å²) in [5.74, 6) is 1.11. The van der Waals surface area contributed by atoms with E-state index in [0.29, 0.717) is 5.25 Å². The monoisotopic (exact) mass is 278 g/mol. The molecule has 2 rings (SSSR count). The lowest BCUT2D eigenvalue weighted by atomic mass is 9.92. The van der Waals surface area contributed by atoms with Crippen molar-refractivity contribution >= 4 is 17.7 Å². The lowest BCUT2D eigenvalue weighted by molar-refractivity contribution is -0.126. The number of carbonyl (C=O) groups excluding carboxylic acids is 1. The van der Waals surface area contributed by atoms with Crippen LogP contribution in [0.4, 0.5) is 0 Å². The van der Waals surface area contributed by atoms with Gasteiger partial charge in [-0.1, -0.05) is 36.8 Å². The normalized spacial score (nSPS) is 22.5. The van der Waals surface area contributed by atoms with Crippen LogP contribution < -0.4 is 11.1 Å². The van der Waals surface area contributed by atoms with Crippen LogP contribution in [0.1, 0.15) is 31.7 Å². The average Bonchev–Trinajstić information content (AvgIpc) is 2.46. The summed E-state index contributed by atoms with van der Waals surface area (Å²) in [7, 11) is 0. The van der Waals surface area contributed by atoms with E-state index in [0.717, 1.165) is 12.1 Å². The maximum atomic E-state index is 12.3. The van der Waals surface area contributed by atoms with Crippen LogP contribution in [0.15, 0.2) is 30.3 Å². The molecule has 1 aliphatic heterocycles. The molecule has 0 aromatic heterocycles. The van der Waals surface area contributed by atoms with Gasteiger partial charge in [0.25, 0.3) is 0 Å². The molecule has 104 valence electrons. The minimum absolute atomic E-state index is 0.0927. The third-order valence-electron chi connectivity index (χ3n) is 3.61. The van der Waals surface area contributed by atoms with Crippen LogP contribution >= 0.6 is 11.8 Å². The first kappa shape index (κ1) is 14.4. The number of hydrogen-bond donors (Lipinski definition) is 2. The van der Waals surface area contributed by atoms with Gasteiger partial charge in [0, 0.05) is 11.8 Å². The molecule has 1 heterocycles. The zero-order valence-electron chi connectivity index (χ0n) is 11.4. The van der Waals surface area contributed by atoms with Crippen LogP contribution in [0, 0.1) is 0 Å². The number of carbonyl (C=O) groups is 1. The number of nitrogens with two attached hydrogens (primary N) is 1. The van der Waals surface area contributed by atoms with E-state index in [2.05, 4.69) is 5.32 Å². The van der Waals surface area contributed by atoms with Gasteiger partial charge < -0.3 is 11.1 Å². The first-order chi connectivity index (χ1) is 9.10. The fraction of sp³-hybridized carbons (Fsp3) is 0.533. The third-order valence-corrected chi connectivity index (χ3v) is 5.01. The Labute approximate surface area is 119 Å². The summed E-state index contributed by atoms with van der Waals surface area (Å²) in [6.45, 7) is 2.49. The summed E-state index contributed by atoms with van der Waals surface area (Å²) in [4.78, 5) is 12.3. The summed E-state index contributed by atoms with van der Waals surface area (Å²) in [5.41, 5.74) is 6.07. The van der Waals surface area contributed by atoms with Gasteiger partial charge in [0.15, 0.2) is 0 Å². The van der Waals surface area contributed by atoms with Crippen LogP contribution in [0.25, 0.3) is 0 Å². The molecular weight excluding hydrogens is 256 g/mol. The minimum atomic E-state index is -0.958. The second-order valence-corrected chi connectivity index (χ2v) is 6.68. The van der Waals surface area contributed by atoms with E-state index in [9.17, 15) is 4.79 Å². The first-order valence-corrected chi connectivity index (χ1v) is 7.90. The van der Waals surface area contributed by atoms with E-state index in [4.69, 9.17) is 5.73 Å². The highest BCUT2D eigenvalue weighted by atomic mass is 32.2. The molecule has 1 fully saturated rings. The number of amides is 1. The number of thioether (sulfide) groups is 1. The molecule has 1 aromatic rings. The molecule has 2 atom stereocenters. The Kier molecular flexibility index (Phi) is 4.88. The highest BCUT2D eigenvalue weighted by Crippen LogP contribution is 2.24. The molecule has 1 amide bonds. The third kappa shape index (κ3) is 3.74. The van der Waals surface area contributed by atoms with Crippen molar-refractivity contribution in [1.82, 2.24) is 5.32 Å². The predicted octanol–water partition coefficient (Wildman–Crippen LogP) is 2.26. The Bertz CT molecular complexity index is 413. The van der Waals surface area contributed by atoms with Crippen molar-refractivity contribution in [2.45, 2.75) is 37.0 Å². The van der Waals surface area contributed by atoms with Gasteiger partial charge in [-0.25, -0.2) is 0 Å². The fourth-order valence-electron chi connectivity index (χ4n) is 2.27. The fourth-order valence-corrected chi connectivity index (χ4v) is 3.51. The van der Waals surface area contributed by atoms with Crippen LogP contribution in [0.2, 0.25) is 0 Å². The number of rotatable bonds is 4. The van der Waals surface area contributed by atoms with E-state index in [-0.39, 0.29) is 5.91 Å². The molecule has 1 aromatic carbocycles. The molecule has 0 saturated carbocycles. The Balaban J connectivity index is 1.91. The van der Waals surface area contributed by atoms with Crippen molar-refractivity contribution in [3.05, 3.63) is 35.9 Å². The number of hydrogen-bond acceptors (Lipinski definition) is 3. The SMILES string of the molecule is CC(N)(C(=O)NCC1CCCCS1)c1ccccc1. The van der Waals surface area contributed by atoms with Gasteiger partial charge in [-0.2, -0.15) is 11.8 Å². The summed E-state index contributed by atoms with van der Waals surface area (Å²) >= 11 is 1.96. The van der Waals surface area contributed by atoms with Crippen molar-refractivity contribution in [2.24, 2.45) is 5.73 Å². The second-order valence-electron chi connectivity index (χ2n) is 5.27. The molecule has 0 spiro atoms. The zero-order chi connectivity index (χ0) is 13.7. The molecule has 2 unspecified atom stereocenters. The second kappa shape index (κ2) is 6.44. The maximum Gasteiger partial charge on any atom is 0.244 e. The van der Waals surface area contributed by atoms with E-state index >= 15 is 0 Å². The Morgan fingerprint density at radius 3 is 2.79 bits per heavy atom. The minimum Gasteiger partial charge on any atom is -0.353 e. The molecular formula is C15H22N2OS. The molecule has 3 N–H and O–H groups in total. The lowest BCUT2D eigenvalue weighted by Gasteiger charge is -2.27. The molecule has 19 heavy (non-hydrogen) atoms. The van der Waals surface area contributed by atoms with E-state index < -0.39 is 5.54 Å². The Hall–Kier alpha value is -1.00. The van der Waals surface area contributed by atoms with E-state index in [1.54, 1.807) is 6.92 Å². The number of nitrogens with one attached hydrogen (secondary N) is 1. The van der Waals surface area contributed by atoms with Crippen molar-refractivity contribution in [3.63, 3.8) is 0 Å². The van der Waals surface area contributed by atoms with Gasteiger partial charge in [0.05, 0.1) is 0 Å². The molecule has 0 radical (unpaired) electrons. The van der Waals surface area contributed by atoms with Crippen LogP contribution in [-0.2, 0) is 10.3 Å². The van der Waals surface area contributed by atoms with Gasteiger partial charge in [0.1, 0.15) is 5.54 Å². The highest BCUT2D eigenvalue weighted by Gasteiger charge is 2.30. The molecule has 1 saturated heterocycles. The first-order valence-electron chi connectivity index (χ1n) is 6.85. The van der Waals surface area contributed by atoms with Gasteiger partial charge in [-0.3, -0.25) is 4.79 Å². The van der Waals surface area contributed by atoms with Gasteiger partial charge >= 0.3 is 0 Å². The lowest BCUT2D eigenvalue weighted by Crippen LogP contribution is -2.50. The highest BCUT2D eigenvalue weighted by molar-refractivity contribution is 7.99. The zero-order valence-corrected chi connectivity index (χ0v) is 12.2. The van der Waals surface area contributed by atoms with E-state index in [1.165, 1.54) is 25.0 Å². The van der Waals surface area contributed by atoms with Gasteiger partial charge in [-0.05, 0) is 31.1 Å². The Morgan fingerprint density at radius 2 is 2.16 bits per heavy atom. The maximum absolute atomic E-state index is 12.3. The van der Waals surface area contributed by atoms with E-state index in [1.807, 2.05) is 42.1 Å². The summed E-state index contributed by atoms with van der Waals surface area (Å²) in [6, 6.07) is 9.54. The van der Waals surface area contributed by atoms with Crippen molar-refractivity contribution in [3.8, 4) is 0 Å². The topological polar surface area (TPSA) is 55.1 Å². The van der Waals surface area contributed by atoms with Gasteiger partial charge in [-0.15, -0.1) is 0 Å². The van der Waals surface area contributed by atoms with Gasteiger partial charge in [0.2, 0.25) is 5.91 Å². The summed E-state index contributed by atoms with van der Waals surface area (Å²) in [6.07, 6.45) is 3.76.